The number of rotatable bonds is 5. The minimum atomic E-state index is -0.434. The zero-order valence-electron chi connectivity index (χ0n) is 11.8. The van der Waals surface area contributed by atoms with Gasteiger partial charge in [0.25, 0.3) is 5.69 Å². The fourth-order valence-electron chi connectivity index (χ4n) is 2.03. The van der Waals surface area contributed by atoms with Gasteiger partial charge in [0.05, 0.1) is 18.1 Å². The van der Waals surface area contributed by atoms with Gasteiger partial charge in [-0.3, -0.25) is 10.1 Å². The van der Waals surface area contributed by atoms with Crippen LogP contribution in [0.4, 0.5) is 11.5 Å². The molecule has 0 bridgehead atoms. The number of anilines is 1. The number of nitrogens with one attached hydrogen (secondary N) is 1. The van der Waals surface area contributed by atoms with Crippen molar-refractivity contribution < 1.29 is 9.66 Å². The Hall–Kier alpha value is -2.37. The van der Waals surface area contributed by atoms with Gasteiger partial charge in [0, 0.05) is 11.9 Å². The molecule has 2 rings (SSSR count). The van der Waals surface area contributed by atoms with Crippen molar-refractivity contribution in [3.8, 4) is 5.75 Å². The Bertz CT molecular complexity index is 656. The van der Waals surface area contributed by atoms with E-state index in [0.717, 1.165) is 18.5 Å². The van der Waals surface area contributed by atoms with Crippen LogP contribution in [0.2, 0.25) is 0 Å². The molecule has 0 radical (unpaired) electrons. The summed E-state index contributed by atoms with van der Waals surface area (Å²) in [6, 6.07) is 5.04. The maximum Gasteiger partial charge on any atom is 0.299 e. The molecule has 1 aromatic heterocycles. The van der Waals surface area contributed by atoms with Gasteiger partial charge in [0.2, 0.25) is 0 Å². The molecule has 1 aromatic carbocycles. The average molecular weight is 275 g/mol. The van der Waals surface area contributed by atoms with Crippen LogP contribution in [0, 0.1) is 17.0 Å². The monoisotopic (exact) mass is 275 g/mol. The molecule has 0 fully saturated rings. The number of nitro benzene ring substituents is 1. The Labute approximate surface area is 116 Å². The molecule has 1 heterocycles. The number of hydrogen-bond acceptors (Lipinski definition) is 5. The topological polar surface area (TPSA) is 77.3 Å². The second-order valence-electron chi connectivity index (χ2n) is 4.56. The molecule has 0 aliphatic rings. The van der Waals surface area contributed by atoms with E-state index in [0.29, 0.717) is 22.5 Å². The van der Waals surface area contributed by atoms with Crippen LogP contribution in [0.3, 0.4) is 0 Å². The lowest BCUT2D eigenvalue weighted by Gasteiger charge is -2.10. The van der Waals surface area contributed by atoms with Crippen molar-refractivity contribution in [1.82, 2.24) is 4.98 Å². The van der Waals surface area contributed by atoms with Crippen LogP contribution in [-0.4, -0.2) is 23.6 Å². The van der Waals surface area contributed by atoms with E-state index in [2.05, 4.69) is 17.2 Å². The molecule has 0 aliphatic carbocycles. The smallest absolute Gasteiger partial charge is 0.299 e. The fraction of sp³-hybridized carbons (Fsp3) is 0.357. The van der Waals surface area contributed by atoms with Crippen LogP contribution in [0.15, 0.2) is 18.2 Å². The first-order chi connectivity index (χ1) is 9.56. The number of aryl methyl sites for hydroxylation is 1. The van der Waals surface area contributed by atoms with Gasteiger partial charge in [-0.1, -0.05) is 6.92 Å². The number of ether oxygens (including phenoxy) is 1. The number of fused-ring (bicyclic) bond motifs is 1. The standard InChI is InChI=1S/C14H17N3O3/c1-4-5-15-14-9(2)6-10-7-11(20-3)8-12(17(18)19)13(10)16-14/h6-8H,4-5H2,1-3H3,(H,15,16). The number of benzene rings is 1. The molecule has 6 heteroatoms. The van der Waals surface area contributed by atoms with Crippen LogP contribution >= 0.6 is 0 Å². The third kappa shape index (κ3) is 2.64. The number of nitro groups is 1. The fourth-order valence-corrected chi connectivity index (χ4v) is 2.03. The van der Waals surface area contributed by atoms with Crippen molar-refractivity contribution >= 4 is 22.4 Å². The molecule has 2 aromatic rings. The first-order valence-corrected chi connectivity index (χ1v) is 6.44. The van der Waals surface area contributed by atoms with Gasteiger partial charge in [-0.2, -0.15) is 0 Å². The number of aromatic nitrogens is 1. The molecular formula is C14H17N3O3. The number of nitrogens with zero attached hydrogens (tertiary/aromatic N) is 2. The summed E-state index contributed by atoms with van der Waals surface area (Å²) in [6.07, 6.45) is 0.962. The third-order valence-electron chi connectivity index (χ3n) is 3.04. The highest BCUT2D eigenvalue weighted by atomic mass is 16.6. The van der Waals surface area contributed by atoms with E-state index in [9.17, 15) is 10.1 Å². The minimum absolute atomic E-state index is 0.0427. The highest BCUT2D eigenvalue weighted by Crippen LogP contribution is 2.32. The molecule has 0 saturated carbocycles. The minimum Gasteiger partial charge on any atom is -0.496 e. The Morgan fingerprint density at radius 1 is 1.40 bits per heavy atom. The molecule has 0 unspecified atom stereocenters. The molecule has 6 nitrogen and oxygen atoms in total. The van der Waals surface area contributed by atoms with Gasteiger partial charge in [-0.25, -0.2) is 4.98 Å². The Kier molecular flexibility index (Phi) is 4.02. The van der Waals surface area contributed by atoms with Crippen LogP contribution < -0.4 is 10.1 Å². The zero-order chi connectivity index (χ0) is 14.7. The van der Waals surface area contributed by atoms with Gasteiger partial charge in [0.1, 0.15) is 11.6 Å². The number of hydrogen-bond donors (Lipinski definition) is 1. The second-order valence-corrected chi connectivity index (χ2v) is 4.56. The van der Waals surface area contributed by atoms with Crippen molar-refractivity contribution in [2.45, 2.75) is 20.3 Å². The summed E-state index contributed by atoms with van der Waals surface area (Å²) in [7, 11) is 1.49. The van der Waals surface area contributed by atoms with E-state index in [-0.39, 0.29) is 5.69 Å². The number of methoxy groups -OCH3 is 1. The summed E-state index contributed by atoms with van der Waals surface area (Å²) in [6.45, 7) is 4.76. The molecule has 1 N–H and O–H groups in total. The Morgan fingerprint density at radius 3 is 2.75 bits per heavy atom. The predicted octanol–water partition coefficient (Wildman–Crippen LogP) is 3.28. The summed E-state index contributed by atoms with van der Waals surface area (Å²) < 4.78 is 5.10. The Morgan fingerprint density at radius 2 is 2.15 bits per heavy atom. The van der Waals surface area contributed by atoms with E-state index in [1.165, 1.54) is 13.2 Å². The lowest BCUT2D eigenvalue weighted by Crippen LogP contribution is -2.05. The van der Waals surface area contributed by atoms with E-state index in [1.807, 2.05) is 13.0 Å². The van der Waals surface area contributed by atoms with E-state index < -0.39 is 4.92 Å². The van der Waals surface area contributed by atoms with Gasteiger partial charge >= 0.3 is 0 Å². The molecule has 106 valence electrons. The predicted molar refractivity (Wildman–Crippen MR) is 78.5 cm³/mol. The Balaban J connectivity index is 2.65. The highest BCUT2D eigenvalue weighted by Gasteiger charge is 2.17. The van der Waals surface area contributed by atoms with Crippen LogP contribution in [0.5, 0.6) is 5.75 Å². The average Bonchev–Trinajstić information content (AvgIpc) is 2.43. The third-order valence-corrected chi connectivity index (χ3v) is 3.04. The molecule has 0 saturated heterocycles. The summed E-state index contributed by atoms with van der Waals surface area (Å²) >= 11 is 0. The highest BCUT2D eigenvalue weighted by molar-refractivity contribution is 5.90. The van der Waals surface area contributed by atoms with Crippen LogP contribution in [0.1, 0.15) is 18.9 Å². The van der Waals surface area contributed by atoms with Crippen molar-refractivity contribution in [3.05, 3.63) is 33.9 Å². The van der Waals surface area contributed by atoms with E-state index >= 15 is 0 Å². The molecule has 0 amide bonds. The molecular weight excluding hydrogens is 258 g/mol. The normalized spacial score (nSPS) is 10.6. The lowest BCUT2D eigenvalue weighted by molar-refractivity contribution is -0.383. The quantitative estimate of drug-likeness (QED) is 0.669. The lowest BCUT2D eigenvalue weighted by atomic mass is 10.1. The summed E-state index contributed by atoms with van der Waals surface area (Å²) in [5.41, 5.74) is 1.28. The first-order valence-electron chi connectivity index (χ1n) is 6.44. The first kappa shape index (κ1) is 14.0. The second kappa shape index (κ2) is 5.73. The van der Waals surface area contributed by atoms with Gasteiger partial charge in [-0.05, 0) is 31.0 Å². The van der Waals surface area contributed by atoms with Crippen molar-refractivity contribution in [2.24, 2.45) is 0 Å². The van der Waals surface area contributed by atoms with Crippen molar-refractivity contribution in [3.63, 3.8) is 0 Å². The molecule has 0 atom stereocenters. The summed E-state index contributed by atoms with van der Waals surface area (Å²) in [4.78, 5) is 15.1. The SMILES string of the molecule is CCCNc1nc2c([N+](=O)[O-])cc(OC)cc2cc1C. The van der Waals surface area contributed by atoms with Gasteiger partial charge in [0.15, 0.2) is 5.52 Å². The van der Waals surface area contributed by atoms with E-state index in [1.54, 1.807) is 6.07 Å². The summed E-state index contributed by atoms with van der Waals surface area (Å²) in [5.74, 6) is 1.15. The maximum atomic E-state index is 11.2. The van der Waals surface area contributed by atoms with Gasteiger partial charge in [-0.15, -0.1) is 0 Å². The largest absolute Gasteiger partial charge is 0.496 e. The van der Waals surface area contributed by atoms with Crippen LogP contribution in [-0.2, 0) is 0 Å². The van der Waals surface area contributed by atoms with E-state index in [4.69, 9.17) is 4.74 Å². The van der Waals surface area contributed by atoms with Crippen molar-refractivity contribution in [1.29, 1.82) is 0 Å². The molecule has 0 aliphatic heterocycles. The van der Waals surface area contributed by atoms with Gasteiger partial charge < -0.3 is 10.1 Å². The van der Waals surface area contributed by atoms with Crippen molar-refractivity contribution in [2.75, 3.05) is 19.0 Å². The molecule has 20 heavy (non-hydrogen) atoms. The zero-order valence-corrected chi connectivity index (χ0v) is 11.8. The number of pyridine rings is 1. The maximum absolute atomic E-state index is 11.2. The molecule has 0 spiro atoms. The summed E-state index contributed by atoms with van der Waals surface area (Å²) in [5, 5.41) is 15.1. The number of non-ortho nitro benzene ring substituents is 1. The van der Waals surface area contributed by atoms with Crippen LogP contribution in [0.25, 0.3) is 10.9 Å².